The van der Waals surface area contributed by atoms with E-state index in [4.69, 9.17) is 87.2 Å². The number of nitrogen functional groups attached to an aromatic ring is 1. The number of aromatic hydroxyl groups is 1. The summed E-state index contributed by atoms with van der Waals surface area (Å²) >= 11 is 27.8. The van der Waals surface area contributed by atoms with Gasteiger partial charge in [0.2, 0.25) is 5.69 Å². The number of amides is 1. The molecule has 676 valence electrons. The fraction of sp³-hybridized carbons (Fsp3) is 0.365. The number of nitro groups is 3. The van der Waals surface area contributed by atoms with E-state index in [0.29, 0.717) is 72.3 Å². The van der Waals surface area contributed by atoms with E-state index in [0.717, 1.165) is 85.1 Å². The summed E-state index contributed by atoms with van der Waals surface area (Å²) in [6.45, 7) is 34.1. The zero-order valence-corrected chi connectivity index (χ0v) is 80.8. The van der Waals surface area contributed by atoms with Crippen molar-refractivity contribution in [2.24, 2.45) is 5.73 Å². The third kappa shape index (κ3) is 53.8. The summed E-state index contributed by atoms with van der Waals surface area (Å²) in [6.07, 6.45) is 2.84. The molecule has 37 nitrogen and oxygen atoms in total. The first-order valence-corrected chi connectivity index (χ1v) is 38.9. The van der Waals surface area contributed by atoms with Gasteiger partial charge in [0.25, 0.3) is 17.9 Å². The Morgan fingerprint density at radius 1 is 0.549 bits per heavy atom. The first kappa shape index (κ1) is 138. The van der Waals surface area contributed by atoms with Gasteiger partial charge in [-0.05, 0) is 291 Å². The SMILES string of the molecule is C.C.C.C.C.C.CCOC(OCC)OCC.CO.C[O-].Cc1cc(N)c(C(N)=O)nc1C.Cc1cc([N+](=O)[O-])c(Br)nc1Br.Cc1cc([N+](=O)[O-])c(Br)nc1C.Cc1cc([N+](=O)[O-])c(C#N)nc1C.Cc1cc2nc[nH]c(=O)c2nc1C.Cc1cc2ncnc(Cl)c2nc1C.Cc1ccc(Br)nc1Br.O=S(=O)(O)O.Oc1ccc(Br)nc1Br.[C-]#N.[Cu+].[Na+]. The molecule has 48 heteroatoms. The van der Waals surface area contributed by atoms with E-state index in [1.54, 1.807) is 58.9 Å². The van der Waals surface area contributed by atoms with Crippen molar-refractivity contribution < 1.29 is 113 Å². The maximum Gasteiger partial charge on any atom is 1.00 e. The van der Waals surface area contributed by atoms with E-state index in [9.17, 15) is 39.9 Å². The number of hydrogen-bond donors (Lipinski definition) is 7. The van der Waals surface area contributed by atoms with Crippen LogP contribution in [0.15, 0.2) is 110 Å². The van der Waals surface area contributed by atoms with Gasteiger partial charge in [-0.3, -0.25) is 49.0 Å². The minimum absolute atomic E-state index is 0. The molecule has 0 aliphatic carbocycles. The first-order valence-electron chi connectivity index (χ1n) is 31.5. The number of rotatable bonds is 10. The van der Waals surface area contributed by atoms with Gasteiger partial charge in [0, 0.05) is 73.6 Å². The van der Waals surface area contributed by atoms with Crippen molar-refractivity contribution in [2.45, 2.75) is 155 Å². The molecular formula is C74H103Br7ClCuN19NaO18S. The van der Waals surface area contributed by atoms with Crippen LogP contribution in [0.2, 0.25) is 5.15 Å². The number of H-pyrrole nitrogens is 1. The molecule has 10 aromatic heterocycles. The number of carbonyl (C=O) groups excluding carboxylic acids is 1. The van der Waals surface area contributed by atoms with Crippen molar-refractivity contribution in [1.82, 2.24) is 59.8 Å². The Balaban J connectivity index is -0.000000124. The number of aromatic amines is 1. The summed E-state index contributed by atoms with van der Waals surface area (Å²) in [5.41, 5.74) is 23.6. The fourth-order valence-corrected chi connectivity index (χ4v) is 10.5. The summed E-state index contributed by atoms with van der Waals surface area (Å²) in [6, 6.07) is 18.7. The van der Waals surface area contributed by atoms with Crippen LogP contribution in [0, 0.1) is 137 Å². The number of aromatic nitrogens is 12. The van der Waals surface area contributed by atoms with Crippen molar-refractivity contribution in [3.8, 4) is 11.8 Å². The van der Waals surface area contributed by atoms with Gasteiger partial charge in [0.15, 0.2) is 25.6 Å². The van der Waals surface area contributed by atoms with Crippen molar-refractivity contribution in [1.29, 1.82) is 10.5 Å². The molecule has 9 N–H and O–H groups in total. The number of pyridine rings is 8. The monoisotopic (exact) mass is 2250 g/mol. The van der Waals surface area contributed by atoms with Crippen molar-refractivity contribution >= 4 is 184 Å². The number of anilines is 1. The van der Waals surface area contributed by atoms with Gasteiger partial charge in [-0.2, -0.15) is 20.8 Å². The van der Waals surface area contributed by atoms with Crippen LogP contribution in [-0.2, 0) is 41.7 Å². The Morgan fingerprint density at radius 3 is 1.30 bits per heavy atom. The number of halogens is 8. The fourth-order valence-electron chi connectivity index (χ4n) is 7.08. The number of aliphatic hydroxyl groups excluding tert-OH is 1. The summed E-state index contributed by atoms with van der Waals surface area (Å²) in [4.78, 5) is 98.4. The Morgan fingerprint density at radius 2 is 0.902 bits per heavy atom. The quantitative estimate of drug-likeness (QED) is 0.00977. The standard InChI is InChI=1S/C9H8ClN3.C9H9N3O.C8H7N3O2.C8H11N3O.C7H7BrN2O2.C7H16O3.C6H4Br2N2O2.C6H5Br2N.C5H3Br2NO.CN.CH4O.CH3O.6CH4.Cu.Na.H2O4S/c1-5-3-7-8(13-6(5)2)9(10)12-4-11-7;1-5-3-7-8(12-6(5)2)9(13)11-4-10-7;1-5-3-8(11(12)13)7(4-9)10-6(5)2;1-4-3-6(9)7(8(10)12)11-5(4)2;1-4-3-6(10(11)12)7(8)9-5(4)2;1-4-8-7(9-5-2)10-6-3;1-3-2-4(10(11)12)6(8)9-5(3)7;1-4-2-3-5(7)9-6(4)8;6-4-2-1-3(9)5(7)8-4;3*1-2;;;;;;;;;1-5(2,3)4/h3-4H,1-2H3;3-4H,1-2H3,(H,10,11,13);3H,1-2H3;3H,9H2,1-2H3,(H2,10,12);3H,1-2H3;7H,4-6H2,1-3H3;2H,1H3;2-3H,1H3;1-2,9H;;2H,1H3;1H3;6*1H4;;;(H2,1,2,3,4)/q;;;;;;;;;-1;;-1;;;;;;;2*+1;. The molecule has 0 atom stereocenters. The second-order valence-electron chi connectivity index (χ2n) is 21.1. The van der Waals surface area contributed by atoms with Gasteiger partial charge in [-0.25, -0.2) is 54.8 Å². The minimum atomic E-state index is -4.67. The Kier molecular flexibility index (Phi) is 82.6. The average molecular weight is 2260 g/mol. The Bertz CT molecular complexity index is 4870. The molecule has 0 bridgehead atoms. The molecule has 122 heavy (non-hydrogen) atoms. The predicted octanol–water partition coefficient (Wildman–Crippen LogP) is 15.7. The smallest absolute Gasteiger partial charge is 0.857 e. The van der Waals surface area contributed by atoms with Crippen LogP contribution >= 0.6 is 123 Å². The maximum atomic E-state index is 11.3. The van der Waals surface area contributed by atoms with Crippen LogP contribution in [0.1, 0.15) is 149 Å². The van der Waals surface area contributed by atoms with E-state index in [-0.39, 0.29) is 140 Å². The number of fused-ring (bicyclic) bond motifs is 2. The van der Waals surface area contributed by atoms with Crippen LogP contribution in [0.4, 0.5) is 22.7 Å². The second kappa shape index (κ2) is 73.0. The van der Waals surface area contributed by atoms with E-state index >= 15 is 0 Å². The number of aliphatic hydroxyl groups is 1. The number of nitrogens with one attached hydrogen (secondary N) is 1. The van der Waals surface area contributed by atoms with E-state index < -0.39 is 37.6 Å². The normalized spacial score (nSPS) is 9.07. The third-order valence-corrected chi connectivity index (χ3v) is 17.6. The molecule has 10 heterocycles. The number of primary amides is 1. The number of nitrogens with zero attached hydrogens (tertiary/aromatic N) is 16. The zero-order chi connectivity index (χ0) is 88.8. The van der Waals surface area contributed by atoms with Gasteiger partial charge in [0.1, 0.15) is 46.7 Å². The minimum Gasteiger partial charge on any atom is -0.857 e. The number of aryl methyl sites for hydroxylation is 12. The molecule has 10 aromatic rings. The van der Waals surface area contributed by atoms with E-state index in [2.05, 4.69) is 171 Å². The van der Waals surface area contributed by atoms with Gasteiger partial charge in [0.05, 0.1) is 37.8 Å². The van der Waals surface area contributed by atoms with E-state index in [1.807, 2.05) is 93.5 Å². The number of hydrogen-bond acceptors (Lipinski definition) is 30. The van der Waals surface area contributed by atoms with Gasteiger partial charge in [-0.15, -0.1) is 0 Å². The van der Waals surface area contributed by atoms with Gasteiger partial charge >= 0.3 is 74.1 Å². The van der Waals surface area contributed by atoms with Gasteiger partial charge < -0.3 is 57.8 Å². The zero-order valence-electron chi connectivity index (χ0n) is 65.2. The topological polar surface area (TPSA) is 587 Å². The number of carbonyl (C=O) groups is 1. The van der Waals surface area contributed by atoms with Crippen LogP contribution < -0.4 is 51.7 Å². The van der Waals surface area contributed by atoms with Crippen LogP contribution in [0.3, 0.4) is 0 Å². The Labute approximate surface area is 808 Å². The maximum absolute atomic E-state index is 11.3. The average Bonchev–Trinajstić information content (AvgIpc) is 0.815. The van der Waals surface area contributed by atoms with Crippen molar-refractivity contribution in [2.75, 3.05) is 39.8 Å². The predicted molar refractivity (Wildman–Crippen MR) is 490 cm³/mol. The van der Waals surface area contributed by atoms with E-state index in [1.165, 1.54) is 30.9 Å². The van der Waals surface area contributed by atoms with Crippen LogP contribution in [0.25, 0.3) is 22.1 Å². The summed E-state index contributed by atoms with van der Waals surface area (Å²) in [5, 5.41) is 70.7. The first-order chi connectivity index (χ1) is 53.2. The summed E-state index contributed by atoms with van der Waals surface area (Å²) < 4.78 is 50.9. The Hall–Kier alpha value is -7.23. The van der Waals surface area contributed by atoms with Gasteiger partial charge in [-0.1, -0.05) is 62.2 Å². The molecule has 0 aromatic carbocycles. The molecular weight excluding hydrogens is 2160 g/mol. The van der Waals surface area contributed by atoms with Crippen molar-refractivity contribution in [3.05, 3.63) is 237 Å². The number of ether oxygens (including phenoxy) is 3. The second-order valence-corrected chi connectivity index (χ2v) is 27.8. The molecule has 0 radical (unpaired) electrons. The molecule has 0 aliphatic heterocycles. The molecule has 0 saturated carbocycles. The summed E-state index contributed by atoms with van der Waals surface area (Å²) in [7, 11) is -2.92. The number of nitrogens with two attached hydrogens (primary N) is 2. The molecule has 0 fully saturated rings. The largest absolute Gasteiger partial charge is 1.00 e. The molecule has 0 unspecified atom stereocenters. The van der Waals surface area contributed by atoms with Crippen LogP contribution in [0.5, 0.6) is 5.75 Å². The third-order valence-electron chi connectivity index (χ3n) is 13.1. The molecule has 0 saturated heterocycles. The molecule has 10 rings (SSSR count). The molecule has 0 aliphatic rings. The molecule has 0 spiro atoms. The summed E-state index contributed by atoms with van der Waals surface area (Å²) in [5.74, 6) is -0.436. The van der Waals surface area contributed by atoms with Crippen molar-refractivity contribution in [3.63, 3.8) is 0 Å². The van der Waals surface area contributed by atoms with Crippen LogP contribution in [-0.4, -0.2) is 149 Å². The number of nitriles is 1. The molecule has 1 amide bonds.